The van der Waals surface area contributed by atoms with Crippen molar-refractivity contribution in [2.75, 3.05) is 11.4 Å². The summed E-state index contributed by atoms with van der Waals surface area (Å²) in [5, 5.41) is 10.2. The molecule has 2 aromatic rings. The molecule has 24 heavy (non-hydrogen) atoms. The maximum absolute atomic E-state index is 10.2. The van der Waals surface area contributed by atoms with Crippen LogP contribution in [-0.2, 0) is 18.4 Å². The molecule has 0 unspecified atom stereocenters. The standard InChI is InChI=1S/C20H25N3O/c1-13-11-12-23(13)19-21-17-6-4-5-16(17)18(22-19)14-7-9-15(10-8-14)20(2,3)24/h7-10,13,24H,4-6,11-12H2,1-3H3/t13-/m0/s1. The van der Waals surface area contributed by atoms with Crippen molar-refractivity contribution in [2.45, 2.75) is 58.1 Å². The van der Waals surface area contributed by atoms with Crippen LogP contribution < -0.4 is 4.90 Å². The number of aliphatic hydroxyl groups is 1. The molecule has 0 amide bonds. The number of anilines is 1. The van der Waals surface area contributed by atoms with E-state index in [9.17, 15) is 5.11 Å². The predicted molar refractivity (Wildman–Crippen MR) is 96.2 cm³/mol. The molecular weight excluding hydrogens is 298 g/mol. The van der Waals surface area contributed by atoms with Crippen LogP contribution in [0.15, 0.2) is 24.3 Å². The monoisotopic (exact) mass is 323 g/mol. The van der Waals surface area contributed by atoms with E-state index < -0.39 is 5.60 Å². The second kappa shape index (κ2) is 5.55. The second-order valence-electron chi connectivity index (χ2n) is 7.62. The van der Waals surface area contributed by atoms with E-state index in [0.29, 0.717) is 6.04 Å². The highest BCUT2D eigenvalue weighted by Gasteiger charge is 2.29. The zero-order valence-electron chi connectivity index (χ0n) is 14.7. The number of aromatic nitrogens is 2. The molecule has 1 atom stereocenters. The molecule has 1 saturated heterocycles. The van der Waals surface area contributed by atoms with Gasteiger partial charge in [0, 0.05) is 29.4 Å². The minimum absolute atomic E-state index is 0.537. The molecule has 0 radical (unpaired) electrons. The van der Waals surface area contributed by atoms with Crippen LogP contribution >= 0.6 is 0 Å². The van der Waals surface area contributed by atoms with E-state index in [4.69, 9.17) is 9.97 Å². The Bertz CT molecular complexity index is 762. The van der Waals surface area contributed by atoms with Crippen LogP contribution in [0.4, 0.5) is 5.95 Å². The first kappa shape index (κ1) is 15.6. The van der Waals surface area contributed by atoms with Gasteiger partial charge in [-0.2, -0.15) is 0 Å². The van der Waals surface area contributed by atoms with E-state index in [2.05, 4.69) is 24.0 Å². The fourth-order valence-corrected chi connectivity index (χ4v) is 3.64. The van der Waals surface area contributed by atoms with Gasteiger partial charge in [0.2, 0.25) is 5.95 Å². The van der Waals surface area contributed by atoms with Crippen molar-refractivity contribution in [3.63, 3.8) is 0 Å². The summed E-state index contributed by atoms with van der Waals surface area (Å²) >= 11 is 0. The van der Waals surface area contributed by atoms with Crippen molar-refractivity contribution in [1.29, 1.82) is 0 Å². The second-order valence-corrected chi connectivity index (χ2v) is 7.62. The van der Waals surface area contributed by atoms with Crippen LogP contribution in [0.1, 0.15) is 50.4 Å². The van der Waals surface area contributed by atoms with Gasteiger partial charge in [0.15, 0.2) is 0 Å². The van der Waals surface area contributed by atoms with Crippen LogP contribution in [0, 0.1) is 0 Å². The van der Waals surface area contributed by atoms with E-state index >= 15 is 0 Å². The highest BCUT2D eigenvalue weighted by molar-refractivity contribution is 5.67. The summed E-state index contributed by atoms with van der Waals surface area (Å²) < 4.78 is 0. The summed E-state index contributed by atoms with van der Waals surface area (Å²) in [6, 6.07) is 8.71. The Balaban J connectivity index is 1.77. The fourth-order valence-electron chi connectivity index (χ4n) is 3.64. The maximum atomic E-state index is 10.2. The molecule has 1 fully saturated rings. The Morgan fingerprint density at radius 3 is 2.46 bits per heavy atom. The van der Waals surface area contributed by atoms with Crippen molar-refractivity contribution in [3.05, 3.63) is 41.1 Å². The lowest BCUT2D eigenvalue weighted by Crippen LogP contribution is -2.46. The minimum atomic E-state index is -0.815. The number of hydrogen-bond donors (Lipinski definition) is 1. The van der Waals surface area contributed by atoms with Gasteiger partial charge in [0.25, 0.3) is 0 Å². The molecule has 1 aliphatic carbocycles. The first-order chi connectivity index (χ1) is 11.4. The van der Waals surface area contributed by atoms with Crippen molar-refractivity contribution in [3.8, 4) is 11.3 Å². The molecule has 4 heteroatoms. The molecular formula is C20H25N3O. The average Bonchev–Trinajstić information content (AvgIpc) is 3.00. The molecule has 126 valence electrons. The number of benzene rings is 1. The molecule has 2 aliphatic rings. The van der Waals surface area contributed by atoms with Gasteiger partial charge in [-0.1, -0.05) is 24.3 Å². The third-order valence-corrected chi connectivity index (χ3v) is 5.36. The van der Waals surface area contributed by atoms with Crippen molar-refractivity contribution < 1.29 is 5.11 Å². The van der Waals surface area contributed by atoms with Crippen molar-refractivity contribution in [2.24, 2.45) is 0 Å². The summed E-state index contributed by atoms with van der Waals surface area (Å²) in [5.74, 6) is 0.885. The van der Waals surface area contributed by atoms with Crippen LogP contribution in [0.2, 0.25) is 0 Å². The van der Waals surface area contributed by atoms with Crippen molar-refractivity contribution in [1.82, 2.24) is 9.97 Å². The number of aryl methyl sites for hydroxylation is 1. The van der Waals surface area contributed by atoms with Gasteiger partial charge in [-0.15, -0.1) is 0 Å². The predicted octanol–water partition coefficient (Wildman–Crippen LogP) is 3.46. The normalized spacial score (nSPS) is 20.0. The first-order valence-corrected chi connectivity index (χ1v) is 8.93. The van der Waals surface area contributed by atoms with Gasteiger partial charge in [0.1, 0.15) is 0 Å². The Kier molecular flexibility index (Phi) is 3.61. The SMILES string of the molecule is C[C@H]1CCN1c1nc2c(c(-c3ccc(C(C)(C)O)cc3)n1)CCC2. The molecule has 0 bridgehead atoms. The summed E-state index contributed by atoms with van der Waals surface area (Å²) in [7, 11) is 0. The molecule has 1 aromatic carbocycles. The van der Waals surface area contributed by atoms with Gasteiger partial charge in [0.05, 0.1) is 11.3 Å². The summed E-state index contributed by atoms with van der Waals surface area (Å²) in [6.07, 6.45) is 4.50. The molecule has 1 N–H and O–H groups in total. The first-order valence-electron chi connectivity index (χ1n) is 8.93. The molecule has 0 spiro atoms. The smallest absolute Gasteiger partial charge is 0.226 e. The zero-order valence-corrected chi connectivity index (χ0v) is 14.7. The lowest BCUT2D eigenvalue weighted by atomic mass is 9.95. The molecule has 4 nitrogen and oxygen atoms in total. The molecule has 1 aromatic heterocycles. The highest BCUT2D eigenvalue weighted by Crippen LogP contribution is 2.34. The highest BCUT2D eigenvalue weighted by atomic mass is 16.3. The van der Waals surface area contributed by atoms with Crippen molar-refractivity contribution >= 4 is 5.95 Å². The summed E-state index contributed by atoms with van der Waals surface area (Å²) in [5.41, 5.74) is 4.84. The Morgan fingerprint density at radius 1 is 1.12 bits per heavy atom. The zero-order chi connectivity index (χ0) is 16.9. The van der Waals surface area contributed by atoms with Crippen LogP contribution in [-0.4, -0.2) is 27.7 Å². The number of rotatable bonds is 3. The Morgan fingerprint density at radius 2 is 1.88 bits per heavy atom. The van der Waals surface area contributed by atoms with Crippen LogP contribution in [0.3, 0.4) is 0 Å². The summed E-state index contributed by atoms with van der Waals surface area (Å²) in [4.78, 5) is 12.1. The van der Waals surface area contributed by atoms with E-state index in [-0.39, 0.29) is 0 Å². The topological polar surface area (TPSA) is 49.2 Å². The Labute approximate surface area is 143 Å². The third-order valence-electron chi connectivity index (χ3n) is 5.36. The number of fused-ring (bicyclic) bond motifs is 1. The van der Waals surface area contributed by atoms with Gasteiger partial charge in [-0.05, 0) is 52.0 Å². The fraction of sp³-hybridized carbons (Fsp3) is 0.500. The van der Waals surface area contributed by atoms with Gasteiger partial charge < -0.3 is 10.0 Å². The molecule has 0 saturated carbocycles. The maximum Gasteiger partial charge on any atom is 0.226 e. The lowest BCUT2D eigenvalue weighted by Gasteiger charge is -2.39. The van der Waals surface area contributed by atoms with Gasteiger partial charge in [-0.25, -0.2) is 9.97 Å². The van der Waals surface area contributed by atoms with Gasteiger partial charge >= 0.3 is 0 Å². The number of hydrogen-bond acceptors (Lipinski definition) is 4. The third kappa shape index (κ3) is 2.59. The van der Waals surface area contributed by atoms with Gasteiger partial charge in [-0.3, -0.25) is 0 Å². The van der Waals surface area contributed by atoms with E-state index in [1.807, 2.05) is 26.0 Å². The van der Waals surface area contributed by atoms with E-state index in [1.54, 1.807) is 0 Å². The van der Waals surface area contributed by atoms with Crippen LogP contribution in [0.25, 0.3) is 11.3 Å². The molecule has 2 heterocycles. The minimum Gasteiger partial charge on any atom is -0.386 e. The molecule has 4 rings (SSSR count). The number of nitrogens with zero attached hydrogens (tertiary/aromatic N) is 3. The van der Waals surface area contributed by atoms with E-state index in [1.165, 1.54) is 17.7 Å². The molecule has 1 aliphatic heterocycles. The largest absolute Gasteiger partial charge is 0.386 e. The van der Waals surface area contributed by atoms with E-state index in [0.717, 1.165) is 48.6 Å². The average molecular weight is 323 g/mol. The van der Waals surface area contributed by atoms with Crippen LogP contribution in [0.5, 0.6) is 0 Å². The summed E-state index contributed by atoms with van der Waals surface area (Å²) in [6.45, 7) is 6.91. The lowest BCUT2D eigenvalue weighted by molar-refractivity contribution is 0.0786. The quantitative estimate of drug-likeness (QED) is 0.940. The Hall–Kier alpha value is -1.94.